The monoisotopic (exact) mass is 424 g/mol. The molecule has 0 atom stereocenters. The second-order valence-corrected chi connectivity index (χ2v) is 8.01. The average molecular weight is 424 g/mol. The number of hydrogen-bond donors (Lipinski definition) is 2. The van der Waals surface area contributed by atoms with Crippen molar-refractivity contribution < 1.29 is 24.3 Å². The van der Waals surface area contributed by atoms with Gasteiger partial charge in [-0.2, -0.15) is 0 Å². The van der Waals surface area contributed by atoms with Gasteiger partial charge in [-0.05, 0) is 59.1 Å². The van der Waals surface area contributed by atoms with E-state index in [1.54, 1.807) is 24.3 Å². The van der Waals surface area contributed by atoms with Crippen molar-refractivity contribution in [3.63, 3.8) is 0 Å². The first kappa shape index (κ1) is 21.3. The van der Waals surface area contributed by atoms with Gasteiger partial charge in [-0.1, -0.05) is 38.1 Å². The Bertz CT molecular complexity index is 1030. The Kier molecular flexibility index (Phi) is 6.37. The van der Waals surface area contributed by atoms with Gasteiger partial charge >= 0.3 is 5.97 Å². The Hall–Kier alpha value is -3.39. The van der Waals surface area contributed by atoms with Crippen molar-refractivity contribution in [3.8, 4) is 0 Å². The number of amides is 3. The lowest BCUT2D eigenvalue weighted by molar-refractivity contribution is -0.127. The lowest BCUT2D eigenvalue weighted by Gasteiger charge is -2.13. The maximum Gasteiger partial charge on any atom is 0.335 e. The summed E-state index contributed by atoms with van der Waals surface area (Å²) in [6.45, 7) is 3.76. The molecule has 1 saturated heterocycles. The Balaban J connectivity index is 1.65. The summed E-state index contributed by atoms with van der Waals surface area (Å²) in [5.41, 5.74) is 2.43. The van der Waals surface area contributed by atoms with Crippen molar-refractivity contribution >= 4 is 46.5 Å². The molecule has 1 aliphatic heterocycles. The Morgan fingerprint density at radius 3 is 2.27 bits per heavy atom. The molecular weight excluding hydrogens is 404 g/mol. The molecule has 0 unspecified atom stereocenters. The van der Waals surface area contributed by atoms with Crippen LogP contribution in [0, 0.1) is 0 Å². The summed E-state index contributed by atoms with van der Waals surface area (Å²) in [5, 5.41) is 11.1. The van der Waals surface area contributed by atoms with Crippen LogP contribution in [0.25, 0.3) is 6.08 Å². The second-order valence-electron chi connectivity index (χ2n) is 7.02. The van der Waals surface area contributed by atoms with Crippen LogP contribution in [-0.4, -0.2) is 39.6 Å². The van der Waals surface area contributed by atoms with Crippen molar-refractivity contribution in [2.75, 3.05) is 11.9 Å². The largest absolute Gasteiger partial charge is 0.478 e. The fourth-order valence-corrected chi connectivity index (χ4v) is 3.64. The number of carboxylic acid groups (broad SMARTS) is 1. The van der Waals surface area contributed by atoms with Gasteiger partial charge in [0.1, 0.15) is 6.54 Å². The van der Waals surface area contributed by atoms with E-state index in [0.717, 1.165) is 22.2 Å². The van der Waals surface area contributed by atoms with E-state index < -0.39 is 23.0 Å². The SMILES string of the molecule is CC(C)c1ccc(NC(=O)CN2C(=O)S/C(=C\c3ccc(C(=O)O)cc3)C2=O)cc1. The molecule has 8 heteroatoms. The van der Waals surface area contributed by atoms with Crippen LogP contribution in [0.2, 0.25) is 0 Å². The smallest absolute Gasteiger partial charge is 0.335 e. The third kappa shape index (κ3) is 4.96. The van der Waals surface area contributed by atoms with E-state index in [2.05, 4.69) is 19.2 Å². The van der Waals surface area contributed by atoms with Crippen molar-refractivity contribution in [3.05, 3.63) is 70.1 Å². The predicted octanol–water partition coefficient (Wildman–Crippen LogP) is 4.18. The quantitative estimate of drug-likeness (QED) is 0.674. The zero-order chi connectivity index (χ0) is 21.8. The highest BCUT2D eigenvalue weighted by atomic mass is 32.2. The molecule has 0 saturated carbocycles. The number of hydrogen-bond acceptors (Lipinski definition) is 5. The van der Waals surface area contributed by atoms with E-state index in [-0.39, 0.29) is 17.0 Å². The minimum absolute atomic E-state index is 0.123. The second kappa shape index (κ2) is 8.96. The van der Waals surface area contributed by atoms with Crippen molar-refractivity contribution in [2.45, 2.75) is 19.8 Å². The lowest BCUT2D eigenvalue weighted by Crippen LogP contribution is -2.36. The van der Waals surface area contributed by atoms with Crippen LogP contribution >= 0.6 is 11.8 Å². The van der Waals surface area contributed by atoms with Crippen LogP contribution < -0.4 is 5.32 Å². The average Bonchev–Trinajstić information content (AvgIpc) is 2.96. The minimum atomic E-state index is -1.05. The van der Waals surface area contributed by atoms with Gasteiger partial charge in [0.25, 0.3) is 11.1 Å². The van der Waals surface area contributed by atoms with Crippen LogP contribution in [-0.2, 0) is 9.59 Å². The van der Waals surface area contributed by atoms with E-state index in [0.29, 0.717) is 17.2 Å². The Labute approximate surface area is 177 Å². The molecule has 1 fully saturated rings. The lowest BCUT2D eigenvalue weighted by atomic mass is 10.0. The van der Waals surface area contributed by atoms with Gasteiger partial charge in [-0.25, -0.2) is 4.79 Å². The third-order valence-corrected chi connectivity index (χ3v) is 5.40. The zero-order valence-electron chi connectivity index (χ0n) is 16.4. The van der Waals surface area contributed by atoms with Crippen molar-refractivity contribution in [1.29, 1.82) is 0 Å². The molecular formula is C22H20N2O5S. The number of anilines is 1. The van der Waals surface area contributed by atoms with Crippen molar-refractivity contribution in [2.24, 2.45) is 0 Å². The van der Waals surface area contributed by atoms with Crippen LogP contribution in [0.3, 0.4) is 0 Å². The summed E-state index contributed by atoms with van der Waals surface area (Å²) < 4.78 is 0. The topological polar surface area (TPSA) is 104 Å². The van der Waals surface area contributed by atoms with Gasteiger partial charge in [-0.15, -0.1) is 0 Å². The predicted molar refractivity (Wildman–Crippen MR) is 115 cm³/mol. The first-order valence-corrected chi connectivity index (χ1v) is 10.0. The van der Waals surface area contributed by atoms with E-state index >= 15 is 0 Å². The molecule has 0 aromatic heterocycles. The van der Waals surface area contributed by atoms with Gasteiger partial charge in [0, 0.05) is 5.69 Å². The summed E-state index contributed by atoms with van der Waals surface area (Å²) >= 11 is 0.743. The minimum Gasteiger partial charge on any atom is -0.478 e. The number of imide groups is 1. The van der Waals surface area contributed by atoms with Crippen molar-refractivity contribution in [1.82, 2.24) is 4.90 Å². The molecule has 30 heavy (non-hydrogen) atoms. The number of aromatic carboxylic acids is 1. The Morgan fingerprint density at radius 1 is 1.07 bits per heavy atom. The molecule has 2 N–H and O–H groups in total. The standard InChI is InChI=1S/C22H20N2O5S/c1-13(2)15-7-9-17(10-8-15)23-19(25)12-24-20(26)18(30-22(24)29)11-14-3-5-16(6-4-14)21(27)28/h3-11,13H,12H2,1-2H3,(H,23,25)(H,27,28)/b18-11-. The number of carboxylic acids is 1. The van der Waals surface area contributed by atoms with Crippen LogP contribution in [0.5, 0.6) is 0 Å². The zero-order valence-corrected chi connectivity index (χ0v) is 17.2. The summed E-state index contributed by atoms with van der Waals surface area (Å²) in [4.78, 5) is 49.0. The maximum absolute atomic E-state index is 12.5. The molecule has 7 nitrogen and oxygen atoms in total. The number of nitrogens with one attached hydrogen (secondary N) is 1. The first-order valence-electron chi connectivity index (χ1n) is 9.23. The summed E-state index contributed by atoms with van der Waals surface area (Å²) in [5.74, 6) is -1.71. The highest BCUT2D eigenvalue weighted by Gasteiger charge is 2.36. The van der Waals surface area contributed by atoms with Gasteiger partial charge in [0.05, 0.1) is 10.5 Å². The van der Waals surface area contributed by atoms with E-state index in [4.69, 9.17) is 5.11 Å². The van der Waals surface area contributed by atoms with Crippen LogP contribution in [0.15, 0.2) is 53.4 Å². The van der Waals surface area contributed by atoms with E-state index in [1.807, 2.05) is 12.1 Å². The summed E-state index contributed by atoms with van der Waals surface area (Å²) in [6.07, 6.45) is 1.50. The molecule has 3 amide bonds. The van der Waals surface area contributed by atoms with Gasteiger partial charge in [0.15, 0.2) is 0 Å². The van der Waals surface area contributed by atoms with Gasteiger partial charge < -0.3 is 10.4 Å². The normalized spacial score (nSPS) is 15.2. The highest BCUT2D eigenvalue weighted by molar-refractivity contribution is 8.18. The van der Waals surface area contributed by atoms with Crippen LogP contribution in [0.1, 0.15) is 41.3 Å². The summed E-state index contributed by atoms with van der Waals surface area (Å²) in [6, 6.07) is 13.3. The number of carbonyl (C=O) groups excluding carboxylic acids is 3. The molecule has 154 valence electrons. The molecule has 1 heterocycles. The molecule has 0 aliphatic carbocycles. The molecule has 3 rings (SSSR count). The fourth-order valence-electron chi connectivity index (χ4n) is 2.81. The van der Waals surface area contributed by atoms with E-state index in [9.17, 15) is 19.2 Å². The molecule has 0 radical (unpaired) electrons. The third-order valence-electron chi connectivity index (χ3n) is 4.49. The molecule has 2 aromatic rings. The molecule has 2 aromatic carbocycles. The number of benzene rings is 2. The molecule has 1 aliphatic rings. The van der Waals surface area contributed by atoms with Gasteiger partial charge in [-0.3, -0.25) is 19.3 Å². The number of rotatable bonds is 6. The maximum atomic E-state index is 12.5. The van der Waals surface area contributed by atoms with Crippen LogP contribution in [0.4, 0.5) is 10.5 Å². The highest BCUT2D eigenvalue weighted by Crippen LogP contribution is 2.32. The summed E-state index contributed by atoms with van der Waals surface area (Å²) in [7, 11) is 0. The molecule has 0 bridgehead atoms. The first-order chi connectivity index (χ1) is 14.2. The fraction of sp³-hybridized carbons (Fsp3) is 0.182. The number of carbonyl (C=O) groups is 4. The molecule has 0 spiro atoms. The number of thioether (sulfide) groups is 1. The van der Waals surface area contributed by atoms with Gasteiger partial charge in [0.2, 0.25) is 5.91 Å². The Morgan fingerprint density at radius 2 is 1.70 bits per heavy atom. The van der Waals surface area contributed by atoms with E-state index in [1.165, 1.54) is 18.2 Å². The number of nitrogens with zero attached hydrogens (tertiary/aromatic N) is 1.